The van der Waals surface area contributed by atoms with E-state index in [1.165, 1.54) is 5.57 Å². The minimum Gasteiger partial charge on any atom is -0.362 e. The molecule has 0 aromatic heterocycles. The van der Waals surface area contributed by atoms with Gasteiger partial charge in [-0.2, -0.15) is 0 Å². The first-order chi connectivity index (χ1) is 10.3. The Kier molecular flexibility index (Phi) is 3.30. The number of ether oxygens (including phenoxy) is 5. The number of allylic oxidation sites excluding steroid dienone is 2. The highest BCUT2D eigenvalue weighted by atomic mass is 16.8. The third kappa shape index (κ3) is 2.45. The largest absolute Gasteiger partial charge is 0.362 e. The van der Waals surface area contributed by atoms with Crippen molar-refractivity contribution in [1.29, 1.82) is 0 Å². The molecule has 0 aromatic carbocycles. The van der Waals surface area contributed by atoms with Gasteiger partial charge in [-0.25, -0.2) is 0 Å². The van der Waals surface area contributed by atoms with Gasteiger partial charge >= 0.3 is 0 Å². The van der Waals surface area contributed by atoms with Gasteiger partial charge in [-0.3, -0.25) is 0 Å². The van der Waals surface area contributed by atoms with Gasteiger partial charge in [0.05, 0.1) is 6.61 Å². The maximum Gasteiger partial charge on any atom is 0.164 e. The van der Waals surface area contributed by atoms with Crippen molar-refractivity contribution < 1.29 is 23.7 Å². The van der Waals surface area contributed by atoms with E-state index in [2.05, 4.69) is 18.2 Å². The quantitative estimate of drug-likeness (QED) is 0.783. The van der Waals surface area contributed by atoms with E-state index in [0.29, 0.717) is 6.61 Å². The monoisotopic (exact) mass is 308 g/mol. The molecule has 0 aromatic rings. The number of hydrogen-bond acceptors (Lipinski definition) is 5. The predicted molar refractivity (Wildman–Crippen MR) is 79.2 cm³/mol. The van der Waals surface area contributed by atoms with E-state index >= 15 is 0 Å². The van der Waals surface area contributed by atoms with Crippen LogP contribution in [0.25, 0.3) is 0 Å². The molecule has 3 fully saturated rings. The minimum atomic E-state index is -0.590. The van der Waals surface area contributed by atoms with Crippen LogP contribution in [0.1, 0.15) is 34.1 Å². The summed E-state index contributed by atoms with van der Waals surface area (Å²) >= 11 is 0. The number of hydrogen-bond donors (Lipinski definition) is 0. The fraction of sp³-hybridized carbons (Fsp3) is 0.765. The Hall–Kier alpha value is -0.720. The summed E-state index contributed by atoms with van der Waals surface area (Å²) in [5.74, 6) is -1.16. The fourth-order valence-corrected chi connectivity index (χ4v) is 3.76. The molecular formula is C17H24O5. The molecule has 4 rings (SSSR count). The van der Waals surface area contributed by atoms with E-state index in [1.54, 1.807) is 0 Å². The van der Waals surface area contributed by atoms with Crippen molar-refractivity contribution in [3.63, 3.8) is 0 Å². The lowest BCUT2D eigenvalue weighted by Gasteiger charge is -2.27. The summed E-state index contributed by atoms with van der Waals surface area (Å²) in [6.45, 7) is 8.28. The fourth-order valence-electron chi connectivity index (χ4n) is 3.76. The molecule has 3 aliphatic heterocycles. The van der Waals surface area contributed by atoms with E-state index < -0.39 is 11.6 Å². The van der Waals surface area contributed by atoms with Crippen LogP contribution < -0.4 is 0 Å². The van der Waals surface area contributed by atoms with E-state index in [0.717, 1.165) is 6.42 Å². The Morgan fingerprint density at radius 1 is 0.955 bits per heavy atom. The second-order valence-corrected chi connectivity index (χ2v) is 7.30. The van der Waals surface area contributed by atoms with Crippen LogP contribution in [-0.2, 0) is 23.7 Å². The Balaban J connectivity index is 1.59. The second kappa shape index (κ2) is 4.89. The van der Waals surface area contributed by atoms with Crippen LogP contribution in [0.4, 0.5) is 0 Å². The molecule has 1 aliphatic carbocycles. The first kappa shape index (κ1) is 14.8. The van der Waals surface area contributed by atoms with Gasteiger partial charge in [0, 0.05) is 0 Å². The molecular weight excluding hydrogens is 284 g/mol. The van der Waals surface area contributed by atoms with Gasteiger partial charge in [-0.05, 0) is 39.7 Å². The van der Waals surface area contributed by atoms with E-state index in [9.17, 15) is 0 Å². The van der Waals surface area contributed by atoms with Crippen LogP contribution in [0.3, 0.4) is 0 Å². The van der Waals surface area contributed by atoms with Crippen LogP contribution in [0.15, 0.2) is 23.8 Å². The van der Waals surface area contributed by atoms with Crippen molar-refractivity contribution in [3.05, 3.63) is 23.8 Å². The predicted octanol–water partition coefficient (Wildman–Crippen LogP) is 2.31. The van der Waals surface area contributed by atoms with Crippen molar-refractivity contribution in [2.45, 2.75) is 76.2 Å². The Morgan fingerprint density at radius 2 is 1.73 bits per heavy atom. The molecule has 1 unspecified atom stereocenters. The first-order valence-corrected chi connectivity index (χ1v) is 8.04. The highest BCUT2D eigenvalue weighted by Gasteiger charge is 2.59. The summed E-state index contributed by atoms with van der Waals surface area (Å²) in [5, 5.41) is 0. The van der Waals surface area contributed by atoms with Crippen LogP contribution in [0, 0.1) is 0 Å². The van der Waals surface area contributed by atoms with Crippen LogP contribution in [0.2, 0.25) is 0 Å². The van der Waals surface area contributed by atoms with E-state index in [-0.39, 0.29) is 30.5 Å². The molecule has 0 spiro atoms. The zero-order valence-electron chi connectivity index (χ0n) is 13.6. The highest BCUT2D eigenvalue weighted by Crippen LogP contribution is 2.44. The van der Waals surface area contributed by atoms with Gasteiger partial charge in [0.25, 0.3) is 0 Å². The van der Waals surface area contributed by atoms with Crippen LogP contribution >= 0.6 is 0 Å². The number of rotatable bonds is 2. The normalized spacial score (nSPS) is 45.3. The van der Waals surface area contributed by atoms with Gasteiger partial charge in [0.1, 0.15) is 30.5 Å². The van der Waals surface area contributed by atoms with Gasteiger partial charge in [-0.15, -0.1) is 0 Å². The van der Waals surface area contributed by atoms with Gasteiger partial charge in [0.2, 0.25) is 0 Å². The molecule has 4 aliphatic rings. The van der Waals surface area contributed by atoms with Crippen molar-refractivity contribution in [2.75, 3.05) is 6.61 Å². The molecule has 122 valence electrons. The summed E-state index contributed by atoms with van der Waals surface area (Å²) < 4.78 is 30.3. The van der Waals surface area contributed by atoms with Crippen molar-refractivity contribution in [3.8, 4) is 0 Å². The van der Waals surface area contributed by atoms with Crippen LogP contribution in [0.5, 0.6) is 0 Å². The number of fused-ring (bicyclic) bond motifs is 1. The Morgan fingerprint density at radius 3 is 2.36 bits per heavy atom. The lowest BCUT2D eigenvalue weighted by atomic mass is 10.0. The maximum atomic E-state index is 6.31. The highest BCUT2D eigenvalue weighted by molar-refractivity contribution is 5.33. The lowest BCUT2D eigenvalue weighted by Crippen LogP contribution is -2.40. The summed E-state index contributed by atoms with van der Waals surface area (Å²) in [6.07, 6.45) is 6.78. The third-order valence-corrected chi connectivity index (χ3v) is 4.61. The second-order valence-electron chi connectivity index (χ2n) is 7.30. The topological polar surface area (TPSA) is 46.2 Å². The van der Waals surface area contributed by atoms with Gasteiger partial charge in [0.15, 0.2) is 11.6 Å². The van der Waals surface area contributed by atoms with E-state index in [1.807, 2.05) is 27.7 Å². The lowest BCUT2D eigenvalue weighted by molar-refractivity contribution is -0.202. The molecule has 3 heterocycles. The molecule has 0 amide bonds. The molecule has 22 heavy (non-hydrogen) atoms. The van der Waals surface area contributed by atoms with Crippen LogP contribution in [-0.4, -0.2) is 48.7 Å². The average molecular weight is 308 g/mol. The molecule has 0 bridgehead atoms. The molecule has 5 nitrogen and oxygen atoms in total. The van der Waals surface area contributed by atoms with Crippen molar-refractivity contribution >= 4 is 0 Å². The molecule has 5 heteroatoms. The zero-order valence-corrected chi connectivity index (χ0v) is 13.6. The standard InChI is InChI=1S/C17H24O5/c1-16(2)18-9-11(20-16)13-15-14(21-17(3,4)22-15)12(19-13)10-7-5-6-8-10/h5,7-8,11-15H,6,9H2,1-4H3/t11?,12-,13-,14-,15+/m1/s1. The molecule has 0 saturated carbocycles. The maximum absolute atomic E-state index is 6.31. The minimum absolute atomic E-state index is 0.0946. The molecule has 0 N–H and O–H groups in total. The van der Waals surface area contributed by atoms with Crippen molar-refractivity contribution in [1.82, 2.24) is 0 Å². The zero-order chi connectivity index (χ0) is 15.5. The molecule has 5 atom stereocenters. The first-order valence-electron chi connectivity index (χ1n) is 8.04. The summed E-state index contributed by atoms with van der Waals surface area (Å²) in [4.78, 5) is 0. The summed E-state index contributed by atoms with van der Waals surface area (Å²) in [5.41, 5.74) is 1.18. The van der Waals surface area contributed by atoms with Gasteiger partial charge < -0.3 is 23.7 Å². The van der Waals surface area contributed by atoms with E-state index in [4.69, 9.17) is 23.7 Å². The SMILES string of the molecule is CC1(C)OCC([C@H]2O[C@H](C3=CCC=C3)[C@H]3OC(C)(C)O[C@H]32)O1. The Bertz CT molecular complexity index is 521. The summed E-state index contributed by atoms with van der Waals surface area (Å²) in [7, 11) is 0. The summed E-state index contributed by atoms with van der Waals surface area (Å²) in [6, 6.07) is 0. The Labute approximate surface area is 131 Å². The molecule has 0 radical (unpaired) electrons. The van der Waals surface area contributed by atoms with Gasteiger partial charge in [-0.1, -0.05) is 18.2 Å². The molecule has 3 saturated heterocycles. The van der Waals surface area contributed by atoms with Crippen molar-refractivity contribution in [2.24, 2.45) is 0 Å². The average Bonchev–Trinajstić information content (AvgIpc) is 3.12. The third-order valence-electron chi connectivity index (χ3n) is 4.61. The smallest absolute Gasteiger partial charge is 0.164 e.